The predicted molar refractivity (Wildman–Crippen MR) is 84.4 cm³/mol. The summed E-state index contributed by atoms with van der Waals surface area (Å²) in [5, 5.41) is 2.97. The Labute approximate surface area is 141 Å². The van der Waals surface area contributed by atoms with Crippen LogP contribution in [0, 0.1) is 5.92 Å². The molecule has 1 aliphatic rings. The molecule has 0 bridgehead atoms. The molecule has 24 heavy (non-hydrogen) atoms. The number of carbonyl (C=O) groups is 4. The summed E-state index contributed by atoms with van der Waals surface area (Å²) < 4.78 is 5.17. The van der Waals surface area contributed by atoms with Gasteiger partial charge >= 0.3 is 12.1 Å². The second kappa shape index (κ2) is 7.19. The average Bonchev–Trinajstić information content (AvgIpc) is 2.66. The highest BCUT2D eigenvalue weighted by Crippen LogP contribution is 2.22. The first-order chi connectivity index (χ1) is 10.8. The maximum atomic E-state index is 12.5. The molecule has 1 aliphatic heterocycles. The number of hydroxylamine groups is 2. The Morgan fingerprint density at radius 1 is 1.12 bits per heavy atom. The van der Waals surface area contributed by atoms with Gasteiger partial charge in [-0.05, 0) is 40.0 Å². The molecule has 1 rings (SSSR count). The number of ether oxygens (including phenoxy) is 1. The lowest BCUT2D eigenvalue weighted by molar-refractivity contribution is -0.202. The molecule has 0 aromatic carbocycles. The van der Waals surface area contributed by atoms with Gasteiger partial charge in [-0.3, -0.25) is 9.59 Å². The molecule has 0 saturated carbocycles. The molecule has 0 aliphatic carbocycles. The normalized spacial score (nSPS) is 17.7. The van der Waals surface area contributed by atoms with E-state index in [4.69, 9.17) is 9.57 Å². The summed E-state index contributed by atoms with van der Waals surface area (Å²) in [5.41, 5.74) is -2.16. The van der Waals surface area contributed by atoms with Crippen molar-refractivity contribution < 1.29 is 28.8 Å². The zero-order valence-electron chi connectivity index (χ0n) is 15.1. The van der Waals surface area contributed by atoms with E-state index in [-0.39, 0.29) is 25.2 Å². The van der Waals surface area contributed by atoms with Crippen LogP contribution in [0.25, 0.3) is 0 Å². The minimum Gasteiger partial charge on any atom is -0.444 e. The first-order valence-corrected chi connectivity index (χ1v) is 7.93. The number of rotatable bonds is 5. The van der Waals surface area contributed by atoms with Crippen LogP contribution < -0.4 is 5.32 Å². The maximum absolute atomic E-state index is 12.5. The van der Waals surface area contributed by atoms with Crippen molar-refractivity contribution in [1.29, 1.82) is 0 Å². The summed E-state index contributed by atoms with van der Waals surface area (Å²) in [5.74, 6) is -1.98. The van der Waals surface area contributed by atoms with Gasteiger partial charge in [0.2, 0.25) is 0 Å². The van der Waals surface area contributed by atoms with Gasteiger partial charge in [-0.15, -0.1) is 5.06 Å². The van der Waals surface area contributed by atoms with Gasteiger partial charge in [0.15, 0.2) is 0 Å². The van der Waals surface area contributed by atoms with Crippen molar-refractivity contribution in [2.24, 2.45) is 5.92 Å². The minimum absolute atomic E-state index is 0.00645. The molecule has 136 valence electrons. The number of nitrogens with zero attached hydrogens (tertiary/aromatic N) is 1. The van der Waals surface area contributed by atoms with Gasteiger partial charge in [0.1, 0.15) is 11.1 Å². The van der Waals surface area contributed by atoms with Crippen molar-refractivity contribution in [2.75, 3.05) is 0 Å². The Morgan fingerprint density at radius 2 is 1.62 bits per heavy atom. The third-order valence-corrected chi connectivity index (χ3v) is 3.22. The standard InChI is InChI=1S/C16H26N2O6/c1-10(2)9-16(6,17-14(22)23-15(3,4)5)13(21)24-18-11(19)7-8-12(18)20/h10H,7-9H2,1-6H3,(H,17,22). The molecule has 1 unspecified atom stereocenters. The number of amides is 3. The summed E-state index contributed by atoms with van der Waals surface area (Å²) >= 11 is 0. The molecule has 8 heteroatoms. The van der Waals surface area contributed by atoms with Gasteiger partial charge in [-0.1, -0.05) is 13.8 Å². The van der Waals surface area contributed by atoms with E-state index < -0.39 is 35.0 Å². The maximum Gasteiger partial charge on any atom is 0.408 e. The van der Waals surface area contributed by atoms with Gasteiger partial charge in [0.05, 0.1) is 0 Å². The van der Waals surface area contributed by atoms with Gasteiger partial charge in [-0.2, -0.15) is 0 Å². The third-order valence-electron chi connectivity index (χ3n) is 3.22. The average molecular weight is 342 g/mol. The number of hydrogen-bond donors (Lipinski definition) is 1. The van der Waals surface area contributed by atoms with Crippen LogP contribution in [0.15, 0.2) is 0 Å². The van der Waals surface area contributed by atoms with E-state index in [1.165, 1.54) is 6.92 Å². The topological polar surface area (TPSA) is 102 Å². The molecule has 1 heterocycles. The molecule has 0 radical (unpaired) electrons. The predicted octanol–water partition coefficient (Wildman–Crippen LogP) is 1.92. The van der Waals surface area contributed by atoms with Crippen molar-refractivity contribution >= 4 is 23.9 Å². The van der Waals surface area contributed by atoms with Crippen LogP contribution in [0.2, 0.25) is 0 Å². The summed E-state index contributed by atoms with van der Waals surface area (Å²) in [6.45, 7) is 10.3. The van der Waals surface area contributed by atoms with E-state index in [0.717, 1.165) is 0 Å². The smallest absolute Gasteiger partial charge is 0.408 e. The summed E-state index contributed by atoms with van der Waals surface area (Å²) in [4.78, 5) is 52.7. The van der Waals surface area contributed by atoms with Gasteiger partial charge in [0, 0.05) is 12.8 Å². The Bertz CT molecular complexity index is 521. The Kier molecular flexibility index (Phi) is 5.97. The first-order valence-electron chi connectivity index (χ1n) is 7.93. The molecular weight excluding hydrogens is 316 g/mol. The quantitative estimate of drug-likeness (QED) is 0.766. The van der Waals surface area contributed by atoms with E-state index in [0.29, 0.717) is 5.06 Å². The lowest BCUT2D eigenvalue weighted by atomic mass is 9.91. The van der Waals surface area contributed by atoms with Crippen LogP contribution in [0.4, 0.5) is 4.79 Å². The monoisotopic (exact) mass is 342 g/mol. The second-order valence-corrected chi connectivity index (χ2v) is 7.52. The van der Waals surface area contributed by atoms with Crippen molar-refractivity contribution in [1.82, 2.24) is 10.4 Å². The van der Waals surface area contributed by atoms with Gasteiger partial charge in [-0.25, -0.2) is 9.59 Å². The van der Waals surface area contributed by atoms with Crippen LogP contribution in [0.1, 0.15) is 60.8 Å². The van der Waals surface area contributed by atoms with E-state index in [9.17, 15) is 19.2 Å². The third kappa shape index (κ3) is 5.50. The molecule has 0 aromatic rings. The summed E-state index contributed by atoms with van der Waals surface area (Å²) in [7, 11) is 0. The van der Waals surface area contributed by atoms with E-state index >= 15 is 0 Å². The van der Waals surface area contributed by atoms with Crippen LogP contribution in [0.5, 0.6) is 0 Å². The molecule has 1 saturated heterocycles. The van der Waals surface area contributed by atoms with Crippen molar-refractivity contribution in [3.63, 3.8) is 0 Å². The number of alkyl carbamates (subject to hydrolysis) is 1. The minimum atomic E-state index is -1.43. The van der Waals surface area contributed by atoms with Crippen LogP contribution >= 0.6 is 0 Å². The largest absolute Gasteiger partial charge is 0.444 e. The Hall–Kier alpha value is -2.12. The lowest BCUT2D eigenvalue weighted by Crippen LogP contribution is -2.56. The van der Waals surface area contributed by atoms with Crippen molar-refractivity contribution in [3.05, 3.63) is 0 Å². The SMILES string of the molecule is CC(C)CC(C)(NC(=O)OC(C)(C)C)C(=O)ON1C(=O)CCC1=O. The highest BCUT2D eigenvalue weighted by Gasteiger charge is 2.43. The molecular formula is C16H26N2O6. The summed E-state index contributed by atoms with van der Waals surface area (Å²) in [6, 6.07) is 0. The highest BCUT2D eigenvalue weighted by atomic mass is 16.7. The van der Waals surface area contributed by atoms with Crippen LogP contribution in [0.3, 0.4) is 0 Å². The molecule has 8 nitrogen and oxygen atoms in total. The molecule has 1 fully saturated rings. The Morgan fingerprint density at radius 3 is 2.04 bits per heavy atom. The lowest BCUT2D eigenvalue weighted by Gasteiger charge is -2.31. The zero-order valence-corrected chi connectivity index (χ0v) is 15.1. The molecule has 0 spiro atoms. The zero-order chi connectivity index (χ0) is 18.7. The molecule has 1 atom stereocenters. The van der Waals surface area contributed by atoms with Crippen molar-refractivity contribution in [3.8, 4) is 0 Å². The molecule has 0 aromatic heterocycles. The van der Waals surface area contributed by atoms with E-state index in [1.807, 2.05) is 13.8 Å². The van der Waals surface area contributed by atoms with E-state index in [2.05, 4.69) is 5.32 Å². The Balaban J connectivity index is 2.89. The second-order valence-electron chi connectivity index (χ2n) is 7.52. The van der Waals surface area contributed by atoms with Crippen LogP contribution in [-0.2, 0) is 24.0 Å². The fourth-order valence-corrected chi connectivity index (χ4v) is 2.37. The van der Waals surface area contributed by atoms with Crippen molar-refractivity contribution in [2.45, 2.75) is 71.9 Å². The number of hydrogen-bond acceptors (Lipinski definition) is 6. The van der Waals surface area contributed by atoms with Gasteiger partial charge < -0.3 is 14.9 Å². The van der Waals surface area contributed by atoms with Gasteiger partial charge in [0.25, 0.3) is 11.8 Å². The molecule has 1 N–H and O–H groups in total. The number of imide groups is 1. The van der Waals surface area contributed by atoms with E-state index in [1.54, 1.807) is 20.8 Å². The summed E-state index contributed by atoms with van der Waals surface area (Å²) in [6.07, 6.45) is -0.512. The highest BCUT2D eigenvalue weighted by molar-refractivity contribution is 6.02. The fraction of sp³-hybridized carbons (Fsp3) is 0.750. The first kappa shape index (κ1) is 19.9. The van der Waals surface area contributed by atoms with Crippen LogP contribution in [-0.4, -0.2) is 40.1 Å². The fourth-order valence-electron chi connectivity index (χ4n) is 2.37. The number of carbonyl (C=O) groups excluding carboxylic acids is 4. The number of nitrogens with one attached hydrogen (secondary N) is 1. The molecule has 3 amide bonds.